The van der Waals surface area contributed by atoms with Crippen molar-refractivity contribution in [1.82, 2.24) is 19.4 Å². The lowest BCUT2D eigenvalue weighted by molar-refractivity contribution is 0.387. The van der Waals surface area contributed by atoms with Crippen molar-refractivity contribution in [3.63, 3.8) is 0 Å². The fourth-order valence-electron chi connectivity index (χ4n) is 3.25. The van der Waals surface area contributed by atoms with Crippen molar-refractivity contribution < 1.29 is 0 Å². The maximum atomic E-state index is 13.1. The van der Waals surface area contributed by atoms with Crippen LogP contribution in [0.4, 0.5) is 0 Å². The monoisotopic (exact) mass is 332 g/mol. The van der Waals surface area contributed by atoms with E-state index in [-0.39, 0.29) is 5.56 Å². The maximum Gasteiger partial charge on any atom is 0.279 e. The smallest absolute Gasteiger partial charge is 0.279 e. The van der Waals surface area contributed by atoms with E-state index >= 15 is 0 Å². The standard InChI is InChI=1S/C20H20N4O/c1-23(2)12-7-13-24-17-11-6-3-8-14(17)18-19(20(24)25)22-16-10-5-4-9-15(16)21-18/h3-6,8-11H,7,12-13H2,1-2H3. The molecule has 2 aromatic carbocycles. The van der Waals surface area contributed by atoms with Crippen molar-refractivity contribution in [3.05, 3.63) is 58.9 Å². The van der Waals surface area contributed by atoms with E-state index < -0.39 is 0 Å². The Morgan fingerprint density at radius 3 is 2.28 bits per heavy atom. The third kappa shape index (κ3) is 2.76. The maximum absolute atomic E-state index is 13.1. The molecule has 0 unspecified atom stereocenters. The van der Waals surface area contributed by atoms with Crippen LogP contribution in [0.1, 0.15) is 6.42 Å². The van der Waals surface area contributed by atoms with Gasteiger partial charge in [0.05, 0.1) is 16.6 Å². The van der Waals surface area contributed by atoms with Crippen molar-refractivity contribution >= 4 is 33.0 Å². The number of fused-ring (bicyclic) bond motifs is 4. The number of hydrogen-bond acceptors (Lipinski definition) is 4. The Kier molecular flexibility index (Phi) is 3.93. The number of benzene rings is 2. The molecule has 0 N–H and O–H groups in total. The van der Waals surface area contributed by atoms with Gasteiger partial charge in [0.25, 0.3) is 5.56 Å². The zero-order valence-corrected chi connectivity index (χ0v) is 14.4. The minimum absolute atomic E-state index is 0.0642. The van der Waals surface area contributed by atoms with Crippen molar-refractivity contribution in [3.8, 4) is 0 Å². The first-order valence-corrected chi connectivity index (χ1v) is 8.48. The van der Waals surface area contributed by atoms with Gasteiger partial charge in [0.2, 0.25) is 0 Å². The summed E-state index contributed by atoms with van der Waals surface area (Å²) < 4.78 is 1.84. The van der Waals surface area contributed by atoms with Gasteiger partial charge in [-0.05, 0) is 45.3 Å². The van der Waals surface area contributed by atoms with E-state index in [0.717, 1.165) is 34.9 Å². The minimum atomic E-state index is -0.0642. The number of hydrogen-bond donors (Lipinski definition) is 0. The topological polar surface area (TPSA) is 51.0 Å². The Balaban J connectivity index is 2.01. The molecule has 0 amide bonds. The molecule has 0 fully saturated rings. The fraction of sp³-hybridized carbons (Fsp3) is 0.250. The van der Waals surface area contributed by atoms with Gasteiger partial charge < -0.3 is 9.47 Å². The lowest BCUT2D eigenvalue weighted by atomic mass is 10.1. The van der Waals surface area contributed by atoms with Crippen LogP contribution < -0.4 is 5.56 Å². The van der Waals surface area contributed by atoms with Crippen LogP contribution >= 0.6 is 0 Å². The molecular weight excluding hydrogens is 312 g/mol. The lowest BCUT2D eigenvalue weighted by Gasteiger charge is -2.14. The first kappa shape index (κ1) is 15.7. The molecule has 25 heavy (non-hydrogen) atoms. The van der Waals surface area contributed by atoms with Crippen LogP contribution in [0.5, 0.6) is 0 Å². The van der Waals surface area contributed by atoms with Crippen molar-refractivity contribution in [2.45, 2.75) is 13.0 Å². The van der Waals surface area contributed by atoms with Crippen molar-refractivity contribution in [2.24, 2.45) is 0 Å². The Morgan fingerprint density at radius 1 is 0.920 bits per heavy atom. The van der Waals surface area contributed by atoms with Crippen LogP contribution in [0, 0.1) is 0 Å². The van der Waals surface area contributed by atoms with Crippen molar-refractivity contribution in [2.75, 3.05) is 20.6 Å². The number of para-hydroxylation sites is 3. The normalized spacial score (nSPS) is 11.8. The fourth-order valence-corrected chi connectivity index (χ4v) is 3.25. The quantitative estimate of drug-likeness (QED) is 0.426. The molecule has 5 nitrogen and oxygen atoms in total. The Labute approximate surface area is 145 Å². The van der Waals surface area contributed by atoms with E-state index in [1.165, 1.54) is 0 Å². The van der Waals surface area contributed by atoms with Gasteiger partial charge in [0, 0.05) is 11.9 Å². The van der Waals surface area contributed by atoms with E-state index in [1.54, 1.807) is 0 Å². The highest BCUT2D eigenvalue weighted by atomic mass is 16.1. The molecule has 0 aliphatic rings. The lowest BCUT2D eigenvalue weighted by Crippen LogP contribution is -2.24. The summed E-state index contributed by atoms with van der Waals surface area (Å²) in [7, 11) is 4.08. The Morgan fingerprint density at radius 2 is 1.56 bits per heavy atom. The molecule has 0 spiro atoms. The van der Waals surface area contributed by atoms with E-state index in [1.807, 2.05) is 67.2 Å². The third-order valence-corrected chi connectivity index (χ3v) is 4.46. The molecule has 5 heteroatoms. The zero-order valence-electron chi connectivity index (χ0n) is 14.4. The third-order valence-electron chi connectivity index (χ3n) is 4.46. The average molecular weight is 332 g/mol. The number of aryl methyl sites for hydroxylation is 1. The van der Waals surface area contributed by atoms with Crippen LogP contribution in [0.25, 0.3) is 33.0 Å². The number of nitrogens with zero attached hydrogens (tertiary/aromatic N) is 4. The van der Waals surface area contributed by atoms with Crippen LogP contribution in [0.2, 0.25) is 0 Å². The summed E-state index contributed by atoms with van der Waals surface area (Å²) in [4.78, 5) is 24.6. The van der Waals surface area contributed by atoms with E-state index in [0.29, 0.717) is 17.6 Å². The molecule has 0 atom stereocenters. The molecule has 126 valence electrons. The molecule has 0 bridgehead atoms. The van der Waals surface area contributed by atoms with Crippen LogP contribution in [-0.2, 0) is 6.54 Å². The highest BCUT2D eigenvalue weighted by Gasteiger charge is 2.13. The van der Waals surface area contributed by atoms with E-state index in [9.17, 15) is 4.79 Å². The van der Waals surface area contributed by atoms with Gasteiger partial charge in [-0.15, -0.1) is 0 Å². The van der Waals surface area contributed by atoms with Gasteiger partial charge in [-0.2, -0.15) is 0 Å². The van der Waals surface area contributed by atoms with Crippen LogP contribution in [0.15, 0.2) is 53.3 Å². The van der Waals surface area contributed by atoms with Crippen LogP contribution in [0.3, 0.4) is 0 Å². The molecule has 0 saturated carbocycles. The molecule has 0 aliphatic heterocycles. The summed E-state index contributed by atoms with van der Waals surface area (Å²) in [6.07, 6.45) is 0.906. The number of pyridine rings is 1. The first-order chi connectivity index (χ1) is 12.1. The molecule has 0 aliphatic carbocycles. The molecule has 2 aromatic heterocycles. The van der Waals surface area contributed by atoms with Gasteiger partial charge in [-0.25, -0.2) is 9.97 Å². The number of aromatic nitrogens is 3. The van der Waals surface area contributed by atoms with Gasteiger partial charge >= 0.3 is 0 Å². The summed E-state index contributed by atoms with van der Waals surface area (Å²) in [5.74, 6) is 0. The Hall–Kier alpha value is -2.79. The highest BCUT2D eigenvalue weighted by molar-refractivity contribution is 6.04. The predicted molar refractivity (Wildman–Crippen MR) is 102 cm³/mol. The van der Waals surface area contributed by atoms with Gasteiger partial charge in [-0.1, -0.05) is 30.3 Å². The largest absolute Gasteiger partial charge is 0.309 e. The van der Waals surface area contributed by atoms with E-state index in [4.69, 9.17) is 4.98 Å². The second-order valence-corrected chi connectivity index (χ2v) is 6.54. The predicted octanol–water partition coefficient (Wildman–Crippen LogP) is 3.05. The molecular formula is C20H20N4O. The first-order valence-electron chi connectivity index (χ1n) is 8.48. The average Bonchev–Trinajstić information content (AvgIpc) is 2.63. The second-order valence-electron chi connectivity index (χ2n) is 6.54. The highest BCUT2D eigenvalue weighted by Crippen LogP contribution is 2.22. The van der Waals surface area contributed by atoms with Gasteiger partial charge in [0.1, 0.15) is 5.52 Å². The van der Waals surface area contributed by atoms with Gasteiger partial charge in [-0.3, -0.25) is 4.79 Å². The van der Waals surface area contributed by atoms with Crippen molar-refractivity contribution in [1.29, 1.82) is 0 Å². The van der Waals surface area contributed by atoms with E-state index in [2.05, 4.69) is 9.88 Å². The molecule has 4 rings (SSSR count). The molecule has 0 saturated heterocycles. The summed E-state index contributed by atoms with van der Waals surface area (Å²) in [5.41, 5.74) is 3.55. The molecule has 4 aromatic rings. The number of rotatable bonds is 4. The Bertz CT molecular complexity index is 1130. The second kappa shape index (κ2) is 6.26. The molecule has 0 radical (unpaired) electrons. The SMILES string of the molecule is CN(C)CCCn1c(=O)c2nc3ccccc3nc2c2ccccc21. The summed E-state index contributed by atoms with van der Waals surface area (Å²) >= 11 is 0. The minimum Gasteiger partial charge on any atom is -0.309 e. The van der Waals surface area contributed by atoms with Gasteiger partial charge in [0.15, 0.2) is 5.52 Å². The summed E-state index contributed by atoms with van der Waals surface area (Å²) in [6, 6.07) is 15.6. The zero-order chi connectivity index (χ0) is 17.4. The molecule has 2 heterocycles. The summed E-state index contributed by atoms with van der Waals surface area (Å²) in [5, 5.41) is 0.972. The summed E-state index contributed by atoms with van der Waals surface area (Å²) in [6.45, 7) is 1.60. The van der Waals surface area contributed by atoms with Crippen LogP contribution in [-0.4, -0.2) is 40.1 Å².